The molecular formula is C48H56O8P2. The third kappa shape index (κ3) is 10.9. The second-order valence-electron chi connectivity index (χ2n) is 15.1. The molecule has 10 heteroatoms. The zero-order valence-electron chi connectivity index (χ0n) is 35.0. The van der Waals surface area contributed by atoms with Crippen LogP contribution in [0.3, 0.4) is 0 Å². The average molecular weight is 823 g/mol. The molecule has 306 valence electrons. The van der Waals surface area contributed by atoms with Crippen molar-refractivity contribution < 1.29 is 37.7 Å². The maximum absolute atomic E-state index is 11.0. The number of fused-ring (bicyclic) bond motifs is 3. The zero-order valence-corrected chi connectivity index (χ0v) is 37.2. The summed E-state index contributed by atoms with van der Waals surface area (Å²) in [5.41, 5.74) is 5.43. The highest BCUT2D eigenvalue weighted by molar-refractivity contribution is 7.15. The lowest BCUT2D eigenvalue weighted by molar-refractivity contribution is 0.403. The molecule has 58 heavy (non-hydrogen) atoms. The first-order valence-corrected chi connectivity index (χ1v) is 20.3. The summed E-state index contributed by atoms with van der Waals surface area (Å²) in [6, 6.07) is 37.9. The number of benzene rings is 6. The molecule has 8 nitrogen and oxygen atoms in total. The number of methoxy groups -OCH3 is 2. The molecule has 7 aromatic rings. The predicted molar refractivity (Wildman–Crippen MR) is 244 cm³/mol. The largest absolute Gasteiger partial charge is 0.507 e. The summed E-state index contributed by atoms with van der Waals surface area (Å²) in [6.07, 6.45) is 0. The number of phenols is 3. The molecule has 1 atom stereocenters. The van der Waals surface area contributed by atoms with E-state index < -0.39 is 0 Å². The standard InChI is InChI=1S/C22H30O4.C12H9O2P.C12H11O2P.C2H6/c1-21(2,3)17-11-13(25-7)9-15(19(17)23)16-10-14(26-8)12-18(20(16)24)22(4,5)6;1-3-7-11-9(5-1)10-6-2-4-8-12(10)14-15-13-11;13-11-7-3-1-5-9(11)10-6-2-4-8-12(10)14-15;1-2/h9-12,23-24H,1-8H3;1-8,15H;1-8,13H,15H2;1-2H3. The minimum absolute atomic E-state index is 0.0288. The zero-order chi connectivity index (χ0) is 42.6. The molecule has 1 unspecified atom stereocenters. The van der Waals surface area contributed by atoms with Gasteiger partial charge in [0, 0.05) is 44.2 Å². The van der Waals surface area contributed by atoms with Crippen molar-refractivity contribution in [3.05, 3.63) is 132 Å². The van der Waals surface area contributed by atoms with Crippen LogP contribution < -0.4 is 14.0 Å². The Kier molecular flexibility index (Phi) is 15.8. The third-order valence-corrected chi connectivity index (χ3v) is 9.98. The van der Waals surface area contributed by atoms with Crippen molar-refractivity contribution in [2.75, 3.05) is 14.2 Å². The van der Waals surface area contributed by atoms with Crippen molar-refractivity contribution in [2.24, 2.45) is 0 Å². The molecule has 0 fully saturated rings. The van der Waals surface area contributed by atoms with E-state index in [4.69, 9.17) is 22.4 Å². The first kappa shape index (κ1) is 45.2. The van der Waals surface area contributed by atoms with Gasteiger partial charge in [-0.25, -0.2) is 0 Å². The van der Waals surface area contributed by atoms with Gasteiger partial charge in [-0.3, -0.25) is 0 Å². The first-order chi connectivity index (χ1) is 27.7. The van der Waals surface area contributed by atoms with Gasteiger partial charge in [-0.1, -0.05) is 128 Å². The van der Waals surface area contributed by atoms with Gasteiger partial charge in [0.05, 0.1) is 23.7 Å². The van der Waals surface area contributed by atoms with E-state index in [2.05, 4.69) is 9.47 Å². The minimum atomic E-state index is -0.283. The molecule has 0 saturated heterocycles. The second kappa shape index (κ2) is 20.2. The fourth-order valence-electron chi connectivity index (χ4n) is 6.17. The summed E-state index contributed by atoms with van der Waals surface area (Å²) >= 11 is 0. The summed E-state index contributed by atoms with van der Waals surface area (Å²) in [5.74, 6) is 2.52. The van der Waals surface area contributed by atoms with Crippen LogP contribution in [-0.2, 0) is 10.8 Å². The van der Waals surface area contributed by atoms with Crippen molar-refractivity contribution in [2.45, 2.75) is 66.2 Å². The number of aromatic hydroxyl groups is 3. The van der Waals surface area contributed by atoms with Gasteiger partial charge < -0.3 is 37.7 Å². The van der Waals surface area contributed by atoms with E-state index in [0.29, 0.717) is 22.6 Å². The SMILES string of the molecule is CC.COc1cc(-c2cc(OC)cc(C(C)(C)C)c2O)c(O)c(C(C)(C)C)c1.Oc1ccccc1-c1ccccc1OP.c1ccc2c(c1)o[pH]oc1ccccc12. The molecule has 0 aliphatic rings. The van der Waals surface area contributed by atoms with Crippen molar-refractivity contribution in [1.82, 2.24) is 0 Å². The molecule has 0 bridgehead atoms. The highest BCUT2D eigenvalue weighted by Gasteiger charge is 2.27. The van der Waals surface area contributed by atoms with Crippen molar-refractivity contribution >= 4 is 40.1 Å². The van der Waals surface area contributed by atoms with Crippen LogP contribution in [0.15, 0.2) is 130 Å². The van der Waals surface area contributed by atoms with Gasteiger partial charge in [0.2, 0.25) is 8.67 Å². The molecule has 1 aromatic heterocycles. The van der Waals surface area contributed by atoms with Crippen LogP contribution in [0.4, 0.5) is 0 Å². The van der Waals surface area contributed by atoms with E-state index in [1.54, 1.807) is 38.5 Å². The lowest BCUT2D eigenvalue weighted by Gasteiger charge is -2.26. The van der Waals surface area contributed by atoms with E-state index in [-0.39, 0.29) is 36.8 Å². The topological polar surface area (TPSA) is 115 Å². The van der Waals surface area contributed by atoms with Gasteiger partial charge in [-0.2, -0.15) is 0 Å². The number of hydrogen-bond donors (Lipinski definition) is 3. The van der Waals surface area contributed by atoms with Crippen molar-refractivity contribution in [3.8, 4) is 56.8 Å². The number of rotatable bonds is 5. The van der Waals surface area contributed by atoms with E-state index in [9.17, 15) is 15.3 Å². The number of phenolic OH excluding ortho intramolecular Hbond substituents is 3. The number of para-hydroxylation sites is 4. The van der Waals surface area contributed by atoms with Crippen LogP contribution in [0.25, 0.3) is 44.2 Å². The Morgan fingerprint density at radius 3 is 1.33 bits per heavy atom. The molecule has 3 N–H and O–H groups in total. The molecule has 0 aliphatic heterocycles. The van der Waals surface area contributed by atoms with Crippen LogP contribution in [0.2, 0.25) is 0 Å². The van der Waals surface area contributed by atoms with Crippen LogP contribution in [0.5, 0.6) is 34.5 Å². The number of ether oxygens (including phenoxy) is 2. The molecule has 0 spiro atoms. The summed E-state index contributed by atoms with van der Waals surface area (Å²) < 4.78 is 27.1. The Labute approximate surface area is 346 Å². The predicted octanol–water partition coefficient (Wildman–Crippen LogP) is 14.0. The monoisotopic (exact) mass is 822 g/mol. The Morgan fingerprint density at radius 1 is 0.517 bits per heavy atom. The Bertz CT molecular complexity index is 2340. The van der Waals surface area contributed by atoms with Crippen molar-refractivity contribution in [1.29, 1.82) is 0 Å². The normalized spacial score (nSPS) is 10.9. The highest BCUT2D eigenvalue weighted by atomic mass is 31.1. The highest BCUT2D eigenvalue weighted by Crippen LogP contribution is 2.48. The molecule has 6 aromatic carbocycles. The molecule has 7 rings (SSSR count). The van der Waals surface area contributed by atoms with Gasteiger partial charge in [-0.15, -0.1) is 0 Å². The maximum atomic E-state index is 11.0. The van der Waals surface area contributed by atoms with Crippen LogP contribution in [-0.4, -0.2) is 29.5 Å². The fourth-order valence-corrected chi connectivity index (χ4v) is 6.95. The van der Waals surface area contributed by atoms with Crippen molar-refractivity contribution in [3.63, 3.8) is 0 Å². The molecule has 0 amide bonds. The second-order valence-corrected chi connectivity index (χ2v) is 15.9. The Balaban J connectivity index is 0.000000199. The average Bonchev–Trinajstić information content (AvgIpc) is 3.41. The smallest absolute Gasteiger partial charge is 0.201 e. The van der Waals surface area contributed by atoms with Gasteiger partial charge in [0.15, 0.2) is 0 Å². The quantitative estimate of drug-likeness (QED) is 0.147. The summed E-state index contributed by atoms with van der Waals surface area (Å²) in [7, 11) is 5.43. The molecular weight excluding hydrogens is 766 g/mol. The summed E-state index contributed by atoms with van der Waals surface area (Å²) in [5, 5.41) is 33.9. The van der Waals surface area contributed by atoms with Crippen LogP contribution in [0, 0.1) is 0 Å². The fraction of sp³-hybridized carbons (Fsp3) is 0.250. The molecule has 0 saturated carbocycles. The lowest BCUT2D eigenvalue weighted by atomic mass is 9.81. The van der Waals surface area contributed by atoms with E-state index >= 15 is 0 Å². The minimum Gasteiger partial charge on any atom is -0.507 e. The van der Waals surface area contributed by atoms with E-state index in [1.165, 1.54) is 0 Å². The Morgan fingerprint density at radius 2 is 0.914 bits per heavy atom. The van der Waals surface area contributed by atoms with Crippen LogP contribution in [0.1, 0.15) is 66.5 Å². The maximum Gasteiger partial charge on any atom is 0.201 e. The first-order valence-electron chi connectivity index (χ1n) is 19.0. The van der Waals surface area contributed by atoms with Gasteiger partial charge in [0.25, 0.3) is 0 Å². The molecule has 0 radical (unpaired) electrons. The van der Waals surface area contributed by atoms with E-state index in [0.717, 1.165) is 49.9 Å². The molecule has 0 aliphatic carbocycles. The van der Waals surface area contributed by atoms with Gasteiger partial charge in [0.1, 0.15) is 45.7 Å². The van der Waals surface area contributed by atoms with E-state index in [1.807, 2.05) is 152 Å². The third-order valence-electron chi connectivity index (χ3n) is 9.12. The van der Waals surface area contributed by atoms with Gasteiger partial charge >= 0.3 is 0 Å². The lowest BCUT2D eigenvalue weighted by Crippen LogP contribution is -2.13. The number of hydrogen-bond acceptors (Lipinski definition) is 8. The summed E-state index contributed by atoms with van der Waals surface area (Å²) in [4.78, 5) is 0. The van der Waals surface area contributed by atoms with Gasteiger partial charge in [-0.05, 0) is 59.4 Å². The van der Waals surface area contributed by atoms with Crippen LogP contribution >= 0.6 is 18.1 Å². The molecule has 1 heterocycles. The Hall–Kier alpha value is -5.55. The summed E-state index contributed by atoms with van der Waals surface area (Å²) in [6.45, 7) is 16.2.